The van der Waals surface area contributed by atoms with Gasteiger partial charge in [0, 0.05) is 6.04 Å². The molecule has 5 unspecified atom stereocenters. The van der Waals surface area contributed by atoms with Crippen molar-refractivity contribution in [2.24, 2.45) is 11.8 Å². The first-order chi connectivity index (χ1) is 6.66. The fourth-order valence-electron chi connectivity index (χ4n) is 2.72. The highest BCUT2D eigenvalue weighted by molar-refractivity contribution is 4.89. The lowest BCUT2D eigenvalue weighted by Crippen LogP contribution is -2.45. The molecule has 0 radical (unpaired) electrons. The highest BCUT2D eigenvalue weighted by Gasteiger charge is 2.35. The van der Waals surface area contributed by atoms with Gasteiger partial charge < -0.3 is 10.1 Å². The van der Waals surface area contributed by atoms with E-state index in [0.29, 0.717) is 18.2 Å². The predicted molar refractivity (Wildman–Crippen MR) is 58.3 cm³/mol. The summed E-state index contributed by atoms with van der Waals surface area (Å²) in [5.74, 6) is 1.61. The second-order valence-corrected chi connectivity index (χ2v) is 5.28. The smallest absolute Gasteiger partial charge is 0.0735 e. The van der Waals surface area contributed by atoms with Gasteiger partial charge >= 0.3 is 0 Å². The van der Waals surface area contributed by atoms with Crippen LogP contribution in [0.4, 0.5) is 0 Å². The third-order valence-corrected chi connectivity index (χ3v) is 3.94. The summed E-state index contributed by atoms with van der Waals surface area (Å²) in [4.78, 5) is 0. The summed E-state index contributed by atoms with van der Waals surface area (Å²) in [7, 11) is 0. The molecule has 0 aromatic heterocycles. The molecule has 5 atom stereocenters. The zero-order valence-corrected chi connectivity index (χ0v) is 9.62. The Morgan fingerprint density at radius 1 is 1.14 bits per heavy atom. The van der Waals surface area contributed by atoms with Gasteiger partial charge in [-0.25, -0.2) is 0 Å². The molecule has 82 valence electrons. The molecular weight excluding hydrogens is 174 g/mol. The fourth-order valence-corrected chi connectivity index (χ4v) is 2.72. The van der Waals surface area contributed by atoms with Crippen LogP contribution in [0.1, 0.15) is 40.0 Å². The summed E-state index contributed by atoms with van der Waals surface area (Å²) >= 11 is 0. The van der Waals surface area contributed by atoms with Crippen LogP contribution in [0.25, 0.3) is 0 Å². The molecule has 2 nitrogen and oxygen atoms in total. The molecule has 0 bridgehead atoms. The van der Waals surface area contributed by atoms with E-state index in [9.17, 15) is 0 Å². The number of hydrogen-bond donors (Lipinski definition) is 1. The Labute approximate surface area is 87.4 Å². The van der Waals surface area contributed by atoms with Crippen LogP contribution in [0.3, 0.4) is 0 Å². The minimum absolute atomic E-state index is 0.457. The van der Waals surface area contributed by atoms with Gasteiger partial charge in [0.25, 0.3) is 0 Å². The van der Waals surface area contributed by atoms with E-state index < -0.39 is 0 Å². The van der Waals surface area contributed by atoms with E-state index >= 15 is 0 Å². The third-order valence-electron chi connectivity index (χ3n) is 3.94. The average Bonchev–Trinajstić information content (AvgIpc) is 2.47. The van der Waals surface area contributed by atoms with E-state index in [-0.39, 0.29) is 0 Å². The number of nitrogens with one attached hydrogen (secondary N) is 1. The van der Waals surface area contributed by atoms with E-state index in [0.717, 1.165) is 11.8 Å². The Morgan fingerprint density at radius 2 is 1.93 bits per heavy atom. The molecule has 2 rings (SSSR count). The lowest BCUT2D eigenvalue weighted by Gasteiger charge is -2.32. The summed E-state index contributed by atoms with van der Waals surface area (Å²) in [6, 6.07) is 0.617. The van der Waals surface area contributed by atoms with Crippen molar-refractivity contribution in [2.45, 2.75) is 58.3 Å². The van der Waals surface area contributed by atoms with Gasteiger partial charge in [-0.05, 0) is 44.6 Å². The van der Waals surface area contributed by atoms with Gasteiger partial charge in [-0.2, -0.15) is 0 Å². The van der Waals surface area contributed by atoms with Crippen LogP contribution in [-0.2, 0) is 4.74 Å². The van der Waals surface area contributed by atoms with Crippen LogP contribution in [0.2, 0.25) is 0 Å². The van der Waals surface area contributed by atoms with Crippen molar-refractivity contribution in [3.8, 4) is 0 Å². The summed E-state index contributed by atoms with van der Waals surface area (Å²) in [6.45, 7) is 8.04. The van der Waals surface area contributed by atoms with E-state index in [2.05, 4.69) is 26.1 Å². The second kappa shape index (κ2) is 4.19. The van der Waals surface area contributed by atoms with Crippen molar-refractivity contribution in [3.63, 3.8) is 0 Å². The molecule has 0 saturated carbocycles. The molecule has 2 fully saturated rings. The summed E-state index contributed by atoms with van der Waals surface area (Å²) in [6.07, 6.45) is 4.80. The van der Waals surface area contributed by atoms with Crippen LogP contribution in [0.5, 0.6) is 0 Å². The van der Waals surface area contributed by atoms with Crippen molar-refractivity contribution >= 4 is 0 Å². The van der Waals surface area contributed by atoms with Gasteiger partial charge in [0.05, 0.1) is 12.2 Å². The quantitative estimate of drug-likeness (QED) is 0.695. The third kappa shape index (κ3) is 2.12. The molecule has 2 heteroatoms. The number of piperidine rings is 1. The van der Waals surface area contributed by atoms with Crippen LogP contribution < -0.4 is 5.32 Å². The van der Waals surface area contributed by atoms with E-state index in [1.54, 1.807) is 0 Å². The molecule has 2 aliphatic rings. The first-order valence-corrected chi connectivity index (χ1v) is 6.05. The largest absolute Gasteiger partial charge is 0.373 e. The van der Waals surface area contributed by atoms with E-state index in [1.807, 2.05) is 0 Å². The highest BCUT2D eigenvalue weighted by Crippen LogP contribution is 2.31. The van der Waals surface area contributed by atoms with Crippen molar-refractivity contribution in [1.29, 1.82) is 0 Å². The summed E-state index contributed by atoms with van der Waals surface area (Å²) < 4.78 is 6.00. The van der Waals surface area contributed by atoms with Crippen molar-refractivity contribution < 1.29 is 4.74 Å². The van der Waals surface area contributed by atoms with Crippen molar-refractivity contribution in [2.75, 3.05) is 6.54 Å². The average molecular weight is 197 g/mol. The summed E-state index contributed by atoms with van der Waals surface area (Å²) in [5.41, 5.74) is 0. The lowest BCUT2D eigenvalue weighted by molar-refractivity contribution is 0.0159. The van der Waals surface area contributed by atoms with Crippen LogP contribution in [0.15, 0.2) is 0 Å². The normalized spacial score (nSPS) is 49.5. The second-order valence-electron chi connectivity index (χ2n) is 5.28. The Morgan fingerprint density at radius 3 is 2.50 bits per heavy atom. The first-order valence-electron chi connectivity index (χ1n) is 6.05. The van der Waals surface area contributed by atoms with Gasteiger partial charge in [0.1, 0.15) is 0 Å². The Bertz CT molecular complexity index is 182. The zero-order chi connectivity index (χ0) is 10.1. The molecule has 0 amide bonds. The van der Waals surface area contributed by atoms with Gasteiger partial charge in [0.15, 0.2) is 0 Å². The van der Waals surface area contributed by atoms with E-state index in [4.69, 9.17) is 4.74 Å². The Kier molecular flexibility index (Phi) is 3.13. The summed E-state index contributed by atoms with van der Waals surface area (Å²) in [5, 5.41) is 3.61. The maximum Gasteiger partial charge on any atom is 0.0735 e. The molecule has 0 aliphatic carbocycles. The van der Waals surface area contributed by atoms with Gasteiger partial charge in [-0.3, -0.25) is 0 Å². The van der Waals surface area contributed by atoms with Gasteiger partial charge in [-0.1, -0.05) is 13.8 Å². The van der Waals surface area contributed by atoms with E-state index in [1.165, 1.54) is 25.8 Å². The topological polar surface area (TPSA) is 21.3 Å². The Hall–Kier alpha value is -0.0800. The molecule has 2 saturated heterocycles. The molecule has 1 N–H and O–H groups in total. The molecule has 14 heavy (non-hydrogen) atoms. The van der Waals surface area contributed by atoms with Crippen LogP contribution in [0, 0.1) is 11.8 Å². The predicted octanol–water partition coefficient (Wildman–Crippen LogP) is 2.19. The molecule has 0 aromatic rings. The van der Waals surface area contributed by atoms with Crippen LogP contribution in [-0.4, -0.2) is 24.8 Å². The molecule has 2 aliphatic heterocycles. The maximum atomic E-state index is 6.00. The lowest BCUT2D eigenvalue weighted by atomic mass is 9.89. The SMILES string of the molecule is CC1CCNC(C2CC(C)C(C)O2)C1. The van der Waals surface area contributed by atoms with Crippen LogP contribution >= 0.6 is 0 Å². The zero-order valence-electron chi connectivity index (χ0n) is 9.62. The van der Waals surface area contributed by atoms with Gasteiger partial charge in [-0.15, -0.1) is 0 Å². The fraction of sp³-hybridized carbons (Fsp3) is 1.00. The minimum Gasteiger partial charge on any atom is -0.373 e. The maximum absolute atomic E-state index is 6.00. The van der Waals surface area contributed by atoms with Gasteiger partial charge in [0.2, 0.25) is 0 Å². The highest BCUT2D eigenvalue weighted by atomic mass is 16.5. The Balaban J connectivity index is 1.89. The molecule has 2 heterocycles. The van der Waals surface area contributed by atoms with Crippen molar-refractivity contribution in [1.82, 2.24) is 5.32 Å². The van der Waals surface area contributed by atoms with Crippen molar-refractivity contribution in [3.05, 3.63) is 0 Å². The number of hydrogen-bond acceptors (Lipinski definition) is 2. The first kappa shape index (κ1) is 10.4. The monoisotopic (exact) mass is 197 g/mol. The minimum atomic E-state index is 0.457. The molecular formula is C12H23NO. The molecule has 0 aromatic carbocycles. The number of rotatable bonds is 1. The standard InChI is InChI=1S/C12H23NO/c1-8-4-5-13-11(6-8)12-7-9(2)10(3)14-12/h8-13H,4-7H2,1-3H3. The number of ether oxygens (including phenoxy) is 1. The molecule has 0 spiro atoms.